The number of rotatable bonds is 2. The Bertz CT molecular complexity index is 639. The number of carboxylic acids is 1. The molecule has 1 aromatic heterocycles. The molecule has 1 heterocycles. The maximum Gasteiger partial charge on any atom is 0.306 e. The van der Waals surface area contributed by atoms with E-state index < -0.39 is 5.97 Å². The van der Waals surface area contributed by atoms with E-state index in [0.29, 0.717) is 12.3 Å². The van der Waals surface area contributed by atoms with Crippen molar-refractivity contribution >= 4 is 16.9 Å². The summed E-state index contributed by atoms with van der Waals surface area (Å²) in [6, 6.07) is 6.50. The number of hydrogen-bond acceptors (Lipinski definition) is 1. The van der Waals surface area contributed by atoms with Crippen molar-refractivity contribution in [2.75, 3.05) is 0 Å². The van der Waals surface area contributed by atoms with E-state index in [4.69, 9.17) is 0 Å². The second-order valence-electron chi connectivity index (χ2n) is 5.82. The van der Waals surface area contributed by atoms with Crippen LogP contribution in [0.5, 0.6) is 0 Å². The predicted molar refractivity (Wildman–Crippen MR) is 75.5 cm³/mol. The SMILES string of the molecule is CC(C)c1ccc2[nH]c3c(c2c1)CC(C(=O)O)CC3. The quantitative estimate of drug-likeness (QED) is 0.865. The number of aliphatic carboxylic acids is 1. The zero-order valence-corrected chi connectivity index (χ0v) is 11.4. The Morgan fingerprint density at radius 3 is 2.89 bits per heavy atom. The van der Waals surface area contributed by atoms with Crippen molar-refractivity contribution in [3.63, 3.8) is 0 Å². The van der Waals surface area contributed by atoms with Gasteiger partial charge in [0.1, 0.15) is 0 Å². The van der Waals surface area contributed by atoms with Gasteiger partial charge in [0.05, 0.1) is 5.92 Å². The zero-order chi connectivity index (χ0) is 13.6. The number of aryl methyl sites for hydroxylation is 1. The minimum Gasteiger partial charge on any atom is -0.481 e. The summed E-state index contributed by atoms with van der Waals surface area (Å²) in [6.45, 7) is 4.36. The van der Waals surface area contributed by atoms with Crippen molar-refractivity contribution in [1.82, 2.24) is 4.98 Å². The van der Waals surface area contributed by atoms with Crippen molar-refractivity contribution < 1.29 is 9.90 Å². The first-order valence-corrected chi connectivity index (χ1v) is 6.92. The zero-order valence-electron chi connectivity index (χ0n) is 11.4. The third-order valence-corrected chi connectivity index (χ3v) is 4.23. The molecule has 0 saturated heterocycles. The van der Waals surface area contributed by atoms with E-state index in [1.807, 2.05) is 0 Å². The highest BCUT2D eigenvalue weighted by molar-refractivity contribution is 5.86. The normalized spacial score (nSPS) is 18.8. The Morgan fingerprint density at radius 2 is 2.21 bits per heavy atom. The molecule has 3 rings (SSSR count). The third kappa shape index (κ3) is 2.03. The number of carboxylic acid groups (broad SMARTS) is 1. The Labute approximate surface area is 112 Å². The maximum atomic E-state index is 11.2. The van der Waals surface area contributed by atoms with E-state index in [9.17, 15) is 9.90 Å². The number of benzene rings is 1. The number of aromatic nitrogens is 1. The van der Waals surface area contributed by atoms with Crippen molar-refractivity contribution in [1.29, 1.82) is 0 Å². The lowest BCUT2D eigenvalue weighted by atomic mass is 9.86. The van der Waals surface area contributed by atoms with Gasteiger partial charge in [0, 0.05) is 16.6 Å². The average Bonchev–Trinajstić information content (AvgIpc) is 2.75. The highest BCUT2D eigenvalue weighted by atomic mass is 16.4. The molecule has 0 spiro atoms. The van der Waals surface area contributed by atoms with E-state index >= 15 is 0 Å². The Hall–Kier alpha value is -1.77. The van der Waals surface area contributed by atoms with Crippen LogP contribution >= 0.6 is 0 Å². The number of hydrogen-bond donors (Lipinski definition) is 2. The summed E-state index contributed by atoms with van der Waals surface area (Å²) < 4.78 is 0. The van der Waals surface area contributed by atoms with Crippen LogP contribution in [0.25, 0.3) is 10.9 Å². The first-order chi connectivity index (χ1) is 9.06. The number of carbonyl (C=O) groups is 1. The second kappa shape index (κ2) is 4.41. The number of nitrogens with one attached hydrogen (secondary N) is 1. The molecule has 1 atom stereocenters. The minimum absolute atomic E-state index is 0.228. The largest absolute Gasteiger partial charge is 0.481 e. The van der Waals surface area contributed by atoms with Gasteiger partial charge in [-0.1, -0.05) is 19.9 Å². The predicted octanol–water partition coefficient (Wildman–Crippen LogP) is 3.48. The molecule has 0 amide bonds. The summed E-state index contributed by atoms with van der Waals surface area (Å²) in [5.74, 6) is -0.400. The molecule has 0 bridgehead atoms. The Morgan fingerprint density at radius 1 is 1.42 bits per heavy atom. The van der Waals surface area contributed by atoms with E-state index in [0.717, 1.165) is 18.4 Å². The molecule has 3 nitrogen and oxygen atoms in total. The van der Waals surface area contributed by atoms with Crippen molar-refractivity contribution in [3.8, 4) is 0 Å². The number of fused-ring (bicyclic) bond motifs is 3. The van der Waals surface area contributed by atoms with Crippen molar-refractivity contribution in [2.45, 2.75) is 39.0 Å². The fourth-order valence-corrected chi connectivity index (χ4v) is 3.00. The maximum absolute atomic E-state index is 11.2. The molecule has 3 heteroatoms. The van der Waals surface area contributed by atoms with E-state index in [1.54, 1.807) is 0 Å². The first kappa shape index (κ1) is 12.3. The molecule has 0 saturated carbocycles. The molecular weight excluding hydrogens is 238 g/mol. The van der Waals surface area contributed by atoms with Gasteiger partial charge in [-0.25, -0.2) is 0 Å². The van der Waals surface area contributed by atoms with Crippen LogP contribution in [-0.4, -0.2) is 16.1 Å². The smallest absolute Gasteiger partial charge is 0.306 e. The highest BCUT2D eigenvalue weighted by Crippen LogP contribution is 2.33. The van der Waals surface area contributed by atoms with Crippen LogP contribution in [0.4, 0.5) is 0 Å². The Balaban J connectivity index is 2.10. The van der Waals surface area contributed by atoms with E-state index in [1.165, 1.54) is 22.2 Å². The summed E-state index contributed by atoms with van der Waals surface area (Å²) in [7, 11) is 0. The second-order valence-corrected chi connectivity index (χ2v) is 5.82. The van der Waals surface area contributed by atoms with Crippen LogP contribution in [0.1, 0.15) is 43.0 Å². The van der Waals surface area contributed by atoms with Gasteiger partial charge in [-0.3, -0.25) is 4.79 Å². The molecule has 1 aromatic carbocycles. The molecule has 1 aliphatic rings. The molecule has 2 aromatic rings. The monoisotopic (exact) mass is 257 g/mol. The van der Waals surface area contributed by atoms with Gasteiger partial charge in [-0.2, -0.15) is 0 Å². The van der Waals surface area contributed by atoms with Gasteiger partial charge < -0.3 is 10.1 Å². The molecule has 0 aliphatic heterocycles. The fourth-order valence-electron chi connectivity index (χ4n) is 3.00. The molecule has 100 valence electrons. The summed E-state index contributed by atoms with van der Waals surface area (Å²) in [5, 5.41) is 10.4. The average molecular weight is 257 g/mol. The number of H-pyrrole nitrogens is 1. The van der Waals surface area contributed by atoms with E-state index in [2.05, 4.69) is 37.0 Å². The molecule has 19 heavy (non-hydrogen) atoms. The molecular formula is C16H19NO2. The Kier molecular flexibility index (Phi) is 2.85. The van der Waals surface area contributed by atoms with Gasteiger partial charge in [0.15, 0.2) is 0 Å². The van der Waals surface area contributed by atoms with Crippen LogP contribution in [0, 0.1) is 5.92 Å². The lowest BCUT2D eigenvalue weighted by Crippen LogP contribution is -2.21. The van der Waals surface area contributed by atoms with Crippen LogP contribution in [0.15, 0.2) is 18.2 Å². The van der Waals surface area contributed by atoms with Crippen LogP contribution in [0.3, 0.4) is 0 Å². The van der Waals surface area contributed by atoms with Gasteiger partial charge >= 0.3 is 5.97 Å². The van der Waals surface area contributed by atoms with Gasteiger partial charge in [0.25, 0.3) is 0 Å². The molecule has 0 radical (unpaired) electrons. The lowest BCUT2D eigenvalue weighted by molar-refractivity contribution is -0.142. The minimum atomic E-state index is -0.667. The molecule has 1 aliphatic carbocycles. The van der Waals surface area contributed by atoms with Crippen LogP contribution < -0.4 is 0 Å². The summed E-state index contributed by atoms with van der Waals surface area (Å²) in [5.41, 5.74) is 4.90. The lowest BCUT2D eigenvalue weighted by Gasteiger charge is -2.18. The summed E-state index contributed by atoms with van der Waals surface area (Å²) in [4.78, 5) is 14.6. The fraction of sp³-hybridized carbons (Fsp3) is 0.438. The van der Waals surface area contributed by atoms with Crippen LogP contribution in [-0.2, 0) is 17.6 Å². The van der Waals surface area contributed by atoms with Gasteiger partial charge in [0.2, 0.25) is 0 Å². The molecule has 1 unspecified atom stereocenters. The van der Waals surface area contributed by atoms with Crippen LogP contribution in [0.2, 0.25) is 0 Å². The summed E-state index contributed by atoms with van der Waals surface area (Å²) >= 11 is 0. The summed E-state index contributed by atoms with van der Waals surface area (Å²) in [6.07, 6.45) is 2.25. The topological polar surface area (TPSA) is 53.1 Å². The van der Waals surface area contributed by atoms with Crippen molar-refractivity contribution in [3.05, 3.63) is 35.0 Å². The standard InChI is InChI=1S/C16H19NO2/c1-9(2)10-3-5-14-12(7-10)13-8-11(16(18)19)4-6-15(13)17-14/h3,5,7,9,11,17H,4,6,8H2,1-2H3,(H,18,19). The third-order valence-electron chi connectivity index (χ3n) is 4.23. The molecule has 2 N–H and O–H groups in total. The van der Waals surface area contributed by atoms with Gasteiger partial charge in [-0.15, -0.1) is 0 Å². The van der Waals surface area contributed by atoms with Gasteiger partial charge in [-0.05, 0) is 48.4 Å². The molecule has 0 fully saturated rings. The highest BCUT2D eigenvalue weighted by Gasteiger charge is 2.27. The first-order valence-electron chi connectivity index (χ1n) is 6.92. The number of aromatic amines is 1. The van der Waals surface area contributed by atoms with Crippen molar-refractivity contribution in [2.24, 2.45) is 5.92 Å². The van der Waals surface area contributed by atoms with E-state index in [-0.39, 0.29) is 5.92 Å².